The Kier molecular flexibility index (Phi) is 13.4. The van der Waals surface area contributed by atoms with Crippen LogP contribution in [-0.2, 0) is 46.8 Å². The Morgan fingerprint density at radius 1 is 0.943 bits per heavy atom. The number of fused-ring (bicyclic) bond motifs is 2. The molecule has 2 N–H and O–H groups in total. The Morgan fingerprint density at radius 3 is 2.47 bits per heavy atom. The summed E-state index contributed by atoms with van der Waals surface area (Å²) >= 11 is 0. The van der Waals surface area contributed by atoms with Crippen LogP contribution in [0, 0.1) is 0 Å². The number of Topliss-reactive ketones (excluding diaryl/α,β-unsaturated/α-hetero) is 2. The number of aryl methyl sites for hydroxylation is 3. The van der Waals surface area contributed by atoms with Gasteiger partial charge in [0.15, 0.2) is 0 Å². The van der Waals surface area contributed by atoms with Crippen LogP contribution in [0.15, 0.2) is 60.8 Å². The van der Waals surface area contributed by atoms with Crippen LogP contribution in [0.2, 0.25) is 0 Å². The second kappa shape index (κ2) is 18.5. The van der Waals surface area contributed by atoms with E-state index < -0.39 is 0 Å². The molecule has 0 saturated carbocycles. The van der Waals surface area contributed by atoms with Gasteiger partial charge in [0.2, 0.25) is 5.91 Å². The number of rotatable bonds is 18. The summed E-state index contributed by atoms with van der Waals surface area (Å²) in [6, 6.07) is 18.9. The van der Waals surface area contributed by atoms with Crippen molar-refractivity contribution >= 4 is 28.9 Å². The van der Waals surface area contributed by atoms with Crippen molar-refractivity contribution in [3.8, 4) is 0 Å². The number of pyridine rings is 2. The molecule has 1 aliphatic carbocycles. The van der Waals surface area contributed by atoms with Crippen molar-refractivity contribution in [3.63, 3.8) is 0 Å². The van der Waals surface area contributed by atoms with Crippen LogP contribution in [0.3, 0.4) is 0 Å². The van der Waals surface area contributed by atoms with Crippen molar-refractivity contribution in [1.29, 1.82) is 0 Å². The van der Waals surface area contributed by atoms with E-state index in [1.54, 1.807) is 0 Å². The molecule has 11 heteroatoms. The highest BCUT2D eigenvalue weighted by Gasteiger charge is 2.27. The number of benzene rings is 1. The summed E-state index contributed by atoms with van der Waals surface area (Å²) in [5.74, 6) is 1.06. The normalized spacial score (nSPS) is 16.2. The van der Waals surface area contributed by atoms with E-state index in [2.05, 4.69) is 61.8 Å². The van der Waals surface area contributed by atoms with Gasteiger partial charge in [-0.2, -0.15) is 0 Å². The standard InChI is InChI=1S/C42H55N7O4/c1-31(51)28-35(52)20-19-33-17-15-32(16-18-33)8-3-13-40(53)43-22-7-23-47-24-26-48(27-25-47)41-14-5-12-39-45-36(38(30-50)49(39)41)29-46(2)37-11-4-9-34-10-6-21-44-42(34)37/h5-6,10,12,14-18,21,37,50H,3-4,7-9,11,13,19-20,22-30H2,1-2H3,(H,43,53)/t37-/m0/s1. The lowest BCUT2D eigenvalue weighted by atomic mass is 9.91. The third-order valence-electron chi connectivity index (χ3n) is 10.7. The van der Waals surface area contributed by atoms with Gasteiger partial charge in [0.25, 0.3) is 0 Å². The van der Waals surface area contributed by atoms with Crippen LogP contribution in [-0.4, -0.2) is 93.1 Å². The molecule has 4 heterocycles. The van der Waals surface area contributed by atoms with Gasteiger partial charge in [-0.1, -0.05) is 36.4 Å². The molecule has 1 aromatic carbocycles. The number of nitrogens with one attached hydrogen (secondary N) is 1. The fourth-order valence-electron chi connectivity index (χ4n) is 7.87. The number of hydrogen-bond acceptors (Lipinski definition) is 9. The number of carbonyl (C=O) groups is 3. The van der Waals surface area contributed by atoms with Gasteiger partial charge in [-0.15, -0.1) is 0 Å². The number of imidazole rings is 1. The number of aromatic nitrogens is 3. The molecule has 0 unspecified atom stereocenters. The van der Waals surface area contributed by atoms with Crippen molar-refractivity contribution < 1.29 is 19.5 Å². The number of aliphatic hydroxyl groups is 1. The van der Waals surface area contributed by atoms with Gasteiger partial charge < -0.3 is 15.3 Å². The van der Waals surface area contributed by atoms with Crippen molar-refractivity contribution in [1.82, 2.24) is 29.5 Å². The lowest BCUT2D eigenvalue weighted by molar-refractivity contribution is -0.126. The Hall–Kier alpha value is -4.45. The molecule has 1 aliphatic heterocycles. The highest BCUT2D eigenvalue weighted by atomic mass is 16.3. The van der Waals surface area contributed by atoms with Crippen LogP contribution in [0.1, 0.15) is 91.7 Å². The molecule has 4 aromatic rings. The summed E-state index contributed by atoms with van der Waals surface area (Å²) in [6.07, 6.45) is 9.26. The molecule has 0 bridgehead atoms. The third-order valence-corrected chi connectivity index (χ3v) is 10.7. The smallest absolute Gasteiger partial charge is 0.220 e. The largest absolute Gasteiger partial charge is 0.390 e. The predicted molar refractivity (Wildman–Crippen MR) is 207 cm³/mol. The summed E-state index contributed by atoms with van der Waals surface area (Å²) < 4.78 is 2.14. The summed E-state index contributed by atoms with van der Waals surface area (Å²) in [7, 11) is 2.14. The van der Waals surface area contributed by atoms with Gasteiger partial charge in [-0.05, 0) is 100 Å². The van der Waals surface area contributed by atoms with Gasteiger partial charge in [-0.25, -0.2) is 4.98 Å². The number of nitrogens with zero attached hydrogens (tertiary/aromatic N) is 6. The maximum absolute atomic E-state index is 12.5. The predicted octanol–water partition coefficient (Wildman–Crippen LogP) is 4.86. The second-order valence-electron chi connectivity index (χ2n) is 14.7. The maximum atomic E-state index is 12.5. The van der Waals surface area contributed by atoms with E-state index in [0.29, 0.717) is 32.4 Å². The monoisotopic (exact) mass is 721 g/mol. The van der Waals surface area contributed by atoms with E-state index in [9.17, 15) is 19.5 Å². The first kappa shape index (κ1) is 38.3. The Morgan fingerprint density at radius 2 is 1.72 bits per heavy atom. The van der Waals surface area contributed by atoms with Crippen LogP contribution in [0.4, 0.5) is 5.82 Å². The molecule has 1 atom stereocenters. The summed E-state index contributed by atoms with van der Waals surface area (Å²) in [5.41, 5.74) is 7.39. The maximum Gasteiger partial charge on any atom is 0.220 e. The number of carbonyl (C=O) groups excluding carboxylic acids is 3. The fraction of sp³-hybridized carbons (Fsp3) is 0.500. The SMILES string of the molecule is CC(=O)CC(=O)CCc1ccc(CCCC(=O)NCCCN2CCN(c3cccc4nc(CN(C)[C@H]5CCCc6cccnc65)c(CO)n34)CC2)cc1. The first-order valence-electron chi connectivity index (χ1n) is 19.4. The van der Waals surface area contributed by atoms with E-state index >= 15 is 0 Å². The molecule has 1 saturated heterocycles. The molecule has 3 aromatic heterocycles. The molecule has 6 rings (SSSR count). The number of amides is 1. The first-order chi connectivity index (χ1) is 25.8. The number of piperazine rings is 1. The zero-order valence-electron chi connectivity index (χ0n) is 31.4. The Balaban J connectivity index is 0.915. The minimum absolute atomic E-state index is 0.0132. The minimum Gasteiger partial charge on any atom is -0.390 e. The average molecular weight is 722 g/mol. The molecule has 1 fully saturated rings. The van der Waals surface area contributed by atoms with E-state index in [-0.39, 0.29) is 36.5 Å². The molecule has 53 heavy (non-hydrogen) atoms. The van der Waals surface area contributed by atoms with Gasteiger partial charge in [0.1, 0.15) is 23.0 Å². The van der Waals surface area contributed by atoms with Gasteiger partial charge in [0.05, 0.1) is 36.2 Å². The lowest BCUT2D eigenvalue weighted by Crippen LogP contribution is -2.47. The Labute approximate surface area is 313 Å². The quantitative estimate of drug-likeness (QED) is 0.110. The topological polar surface area (TPSA) is 123 Å². The average Bonchev–Trinajstić information content (AvgIpc) is 3.53. The molecule has 0 spiro atoms. The van der Waals surface area contributed by atoms with E-state index in [4.69, 9.17) is 9.97 Å². The van der Waals surface area contributed by atoms with Crippen molar-refractivity contribution in [2.45, 2.75) is 90.3 Å². The molecule has 11 nitrogen and oxygen atoms in total. The van der Waals surface area contributed by atoms with E-state index in [1.807, 2.05) is 30.5 Å². The zero-order valence-corrected chi connectivity index (χ0v) is 31.4. The van der Waals surface area contributed by atoms with Gasteiger partial charge in [-0.3, -0.25) is 33.6 Å². The number of aliphatic hydroxyl groups excluding tert-OH is 1. The number of hydrogen-bond donors (Lipinski definition) is 2. The fourth-order valence-corrected chi connectivity index (χ4v) is 7.87. The third kappa shape index (κ3) is 10.2. The molecule has 1 amide bonds. The van der Waals surface area contributed by atoms with Gasteiger partial charge in [0, 0.05) is 58.3 Å². The van der Waals surface area contributed by atoms with Gasteiger partial charge >= 0.3 is 0 Å². The summed E-state index contributed by atoms with van der Waals surface area (Å²) in [6.45, 7) is 7.26. The molecule has 282 valence electrons. The molecular weight excluding hydrogens is 667 g/mol. The summed E-state index contributed by atoms with van der Waals surface area (Å²) in [4.78, 5) is 52.3. The van der Waals surface area contributed by atoms with E-state index in [0.717, 1.165) is 99.7 Å². The summed E-state index contributed by atoms with van der Waals surface area (Å²) in [5, 5.41) is 13.7. The zero-order chi connectivity index (χ0) is 37.2. The minimum atomic E-state index is -0.0867. The van der Waals surface area contributed by atoms with Crippen molar-refractivity contribution in [3.05, 3.63) is 94.6 Å². The van der Waals surface area contributed by atoms with Crippen LogP contribution < -0.4 is 10.2 Å². The molecular formula is C42H55N7O4. The van der Waals surface area contributed by atoms with E-state index in [1.165, 1.54) is 23.7 Å². The highest BCUT2D eigenvalue weighted by Crippen LogP contribution is 2.33. The molecule has 2 aliphatic rings. The highest BCUT2D eigenvalue weighted by molar-refractivity contribution is 5.97. The van der Waals surface area contributed by atoms with Crippen LogP contribution in [0.25, 0.3) is 5.65 Å². The molecule has 0 radical (unpaired) electrons. The van der Waals surface area contributed by atoms with Crippen LogP contribution in [0.5, 0.6) is 0 Å². The number of anilines is 1. The van der Waals surface area contributed by atoms with Crippen molar-refractivity contribution in [2.75, 3.05) is 51.2 Å². The first-order valence-corrected chi connectivity index (χ1v) is 19.4. The lowest BCUT2D eigenvalue weighted by Gasteiger charge is -2.36. The second-order valence-corrected chi connectivity index (χ2v) is 14.7. The Bertz CT molecular complexity index is 1850. The van der Waals surface area contributed by atoms with Crippen molar-refractivity contribution in [2.24, 2.45) is 0 Å². The number of ketones is 2. The van der Waals surface area contributed by atoms with Crippen LogP contribution >= 0.6 is 0 Å².